The molecule has 3 aromatic rings. The van der Waals surface area contributed by atoms with Gasteiger partial charge in [-0.15, -0.1) is 0 Å². The number of nitrogens with one attached hydrogen (secondary N) is 1. The molecular weight excluding hydrogens is 636 g/mol. The molecule has 2 fully saturated rings. The first kappa shape index (κ1) is 36.5. The van der Waals surface area contributed by atoms with Crippen LogP contribution in [-0.4, -0.2) is 56.9 Å². The summed E-state index contributed by atoms with van der Waals surface area (Å²) in [5, 5.41) is 12.3. The van der Waals surface area contributed by atoms with E-state index >= 15 is 0 Å². The number of nitrogens with zero attached hydrogens (tertiary/aromatic N) is 3. The number of aromatic nitrogens is 2. The number of carbonyl (C=O) groups excluding carboxylic acids is 2. The Labute approximate surface area is 303 Å². The van der Waals surface area contributed by atoms with Crippen LogP contribution in [0.25, 0.3) is 17.0 Å². The van der Waals surface area contributed by atoms with E-state index in [1.54, 1.807) is 12.1 Å². The summed E-state index contributed by atoms with van der Waals surface area (Å²) in [6.45, 7) is 8.94. The lowest BCUT2D eigenvalue weighted by Gasteiger charge is -2.39. The van der Waals surface area contributed by atoms with E-state index in [4.69, 9.17) is 9.97 Å². The third kappa shape index (κ3) is 8.95. The van der Waals surface area contributed by atoms with Crippen molar-refractivity contribution < 1.29 is 19.5 Å². The molecule has 1 unspecified atom stereocenters. The highest BCUT2D eigenvalue weighted by atomic mass is 16.4. The van der Waals surface area contributed by atoms with E-state index in [-0.39, 0.29) is 36.7 Å². The average molecular weight is 691 g/mol. The van der Waals surface area contributed by atoms with Gasteiger partial charge < -0.3 is 15.3 Å². The number of carboxylic acids is 1. The van der Waals surface area contributed by atoms with Crippen molar-refractivity contribution in [2.24, 2.45) is 23.7 Å². The van der Waals surface area contributed by atoms with Crippen molar-refractivity contribution in [3.05, 3.63) is 89.3 Å². The molecule has 0 radical (unpaired) electrons. The van der Waals surface area contributed by atoms with Gasteiger partial charge in [-0.25, -0.2) is 9.97 Å². The smallest absolute Gasteiger partial charge is 0.310 e. The zero-order valence-electron chi connectivity index (χ0n) is 30.7. The first-order valence-electron chi connectivity index (χ1n) is 19.0. The van der Waals surface area contributed by atoms with Crippen LogP contribution in [-0.2, 0) is 21.4 Å². The maximum absolute atomic E-state index is 13.5. The van der Waals surface area contributed by atoms with E-state index < -0.39 is 17.9 Å². The van der Waals surface area contributed by atoms with E-state index in [1.807, 2.05) is 48.8 Å². The van der Waals surface area contributed by atoms with Crippen molar-refractivity contribution in [3.63, 3.8) is 0 Å². The van der Waals surface area contributed by atoms with Crippen molar-refractivity contribution in [2.75, 3.05) is 13.1 Å². The number of hydrogen-bond acceptors (Lipinski definition) is 5. The van der Waals surface area contributed by atoms with Crippen LogP contribution in [0.5, 0.6) is 0 Å². The molecule has 3 aliphatic rings. The Morgan fingerprint density at radius 3 is 2.12 bits per heavy atom. The Hall–Kier alpha value is -4.33. The lowest BCUT2D eigenvalue weighted by atomic mass is 9.70. The van der Waals surface area contributed by atoms with Crippen molar-refractivity contribution in [2.45, 2.75) is 103 Å². The van der Waals surface area contributed by atoms with Gasteiger partial charge in [0.25, 0.3) is 5.91 Å². The highest BCUT2D eigenvalue weighted by Crippen LogP contribution is 2.42. The van der Waals surface area contributed by atoms with Gasteiger partial charge >= 0.3 is 5.97 Å². The largest absolute Gasteiger partial charge is 0.481 e. The van der Waals surface area contributed by atoms with Gasteiger partial charge in [-0.2, -0.15) is 0 Å². The quantitative estimate of drug-likeness (QED) is 0.210. The van der Waals surface area contributed by atoms with E-state index in [9.17, 15) is 19.5 Å². The van der Waals surface area contributed by atoms with Crippen LogP contribution in [0.2, 0.25) is 0 Å². The van der Waals surface area contributed by atoms with Crippen LogP contribution < -0.4 is 5.32 Å². The number of benzene rings is 2. The minimum absolute atomic E-state index is 0.0472. The molecule has 0 spiro atoms. The molecule has 1 aromatic heterocycles. The molecule has 1 saturated heterocycles. The Bertz CT molecular complexity index is 1690. The Balaban J connectivity index is 1.08. The average Bonchev–Trinajstić information content (AvgIpc) is 3.11. The number of hydrogen-bond donors (Lipinski definition) is 2. The number of aliphatic carboxylic acids is 1. The van der Waals surface area contributed by atoms with E-state index in [2.05, 4.69) is 39.1 Å². The molecule has 1 aliphatic heterocycles. The first-order valence-corrected chi connectivity index (χ1v) is 19.0. The zero-order valence-corrected chi connectivity index (χ0v) is 30.7. The molecule has 2 N–H and O–H groups in total. The minimum atomic E-state index is -0.913. The van der Waals surface area contributed by atoms with Crippen molar-refractivity contribution in [3.8, 4) is 11.4 Å². The van der Waals surface area contributed by atoms with Crippen molar-refractivity contribution >= 4 is 23.4 Å². The predicted molar refractivity (Wildman–Crippen MR) is 201 cm³/mol. The molecule has 6 rings (SSSR count). The van der Waals surface area contributed by atoms with Crippen LogP contribution in [0.3, 0.4) is 0 Å². The Kier molecular flexibility index (Phi) is 11.4. The molecule has 2 atom stereocenters. The van der Waals surface area contributed by atoms with Crippen molar-refractivity contribution in [1.82, 2.24) is 20.2 Å². The second kappa shape index (κ2) is 15.9. The van der Waals surface area contributed by atoms with Crippen LogP contribution in [0.15, 0.2) is 67.0 Å². The second-order valence-electron chi connectivity index (χ2n) is 16.2. The first-order chi connectivity index (χ1) is 24.5. The van der Waals surface area contributed by atoms with E-state index in [0.717, 1.165) is 52.8 Å². The molecule has 270 valence electrons. The van der Waals surface area contributed by atoms with Gasteiger partial charge in [0, 0.05) is 48.6 Å². The predicted octanol–water partition coefficient (Wildman–Crippen LogP) is 8.12. The maximum atomic E-state index is 13.5. The number of carboxylic acid groups (broad SMARTS) is 1. The summed E-state index contributed by atoms with van der Waals surface area (Å²) in [4.78, 5) is 49.2. The van der Waals surface area contributed by atoms with Gasteiger partial charge in [0.2, 0.25) is 5.91 Å². The number of carbonyl (C=O) groups is 3. The number of rotatable bonds is 11. The fraction of sp³-hybridized carbons (Fsp3) is 0.512. The molecule has 2 aromatic carbocycles. The van der Waals surface area contributed by atoms with Gasteiger partial charge in [0.1, 0.15) is 6.04 Å². The van der Waals surface area contributed by atoms with Gasteiger partial charge in [-0.3, -0.25) is 14.4 Å². The van der Waals surface area contributed by atoms with E-state index in [0.29, 0.717) is 11.4 Å². The zero-order chi connectivity index (χ0) is 36.1. The molecule has 2 aliphatic carbocycles. The number of likely N-dealkylation sites (tertiary alicyclic amines) is 1. The molecule has 2 amide bonds. The Morgan fingerprint density at radius 1 is 0.882 bits per heavy atom. The fourth-order valence-corrected chi connectivity index (χ4v) is 8.17. The highest BCUT2D eigenvalue weighted by molar-refractivity contribution is 5.98. The fourth-order valence-electron chi connectivity index (χ4n) is 8.17. The lowest BCUT2D eigenvalue weighted by Crippen LogP contribution is -2.59. The topological polar surface area (TPSA) is 112 Å². The minimum Gasteiger partial charge on any atom is -0.481 e. The van der Waals surface area contributed by atoms with Crippen LogP contribution in [0.4, 0.5) is 0 Å². The van der Waals surface area contributed by atoms with Crippen molar-refractivity contribution in [1.29, 1.82) is 0 Å². The molecule has 8 nitrogen and oxygen atoms in total. The monoisotopic (exact) mass is 690 g/mol. The van der Waals surface area contributed by atoms with Gasteiger partial charge in [-0.1, -0.05) is 95.9 Å². The molecule has 0 bridgehead atoms. The number of allylic oxidation sites excluding steroid dienone is 2. The molecule has 51 heavy (non-hydrogen) atoms. The van der Waals surface area contributed by atoms with Crippen LogP contribution in [0.1, 0.15) is 113 Å². The normalized spacial score (nSPS) is 21.7. The van der Waals surface area contributed by atoms with Gasteiger partial charge in [0.05, 0.1) is 5.92 Å². The molecule has 8 heteroatoms. The highest BCUT2D eigenvalue weighted by Gasteiger charge is 2.39. The van der Waals surface area contributed by atoms with Gasteiger partial charge in [-0.05, 0) is 84.1 Å². The molecule has 2 heterocycles. The third-order valence-corrected chi connectivity index (χ3v) is 11.5. The standard InChI is InChI=1S/C43H54N4O4/c1-5-6-28-7-11-30(12-8-28)31-15-17-32(18-16-31)35-24-44-39(45-25-35)33-13-9-29(10-14-33)23-38(41(49)47-26-36(27-47)42(50)51)46-40(48)34-19-21-37(22-20-34)43(2,3)4/h9-10,13-14,17,19-22,24-25,28,30-31,36,38H,5-8,11-12,15-16,18,23,26-27H2,1-4H3,(H,46,48)(H,50,51)/t28-,30-,31?,38-/m0/s1. The molecule has 1 saturated carbocycles. The third-order valence-electron chi connectivity index (χ3n) is 11.5. The van der Waals surface area contributed by atoms with Crippen LogP contribution >= 0.6 is 0 Å². The maximum Gasteiger partial charge on any atom is 0.310 e. The summed E-state index contributed by atoms with van der Waals surface area (Å²) in [6.07, 6.45) is 18.4. The Morgan fingerprint density at radius 2 is 1.55 bits per heavy atom. The summed E-state index contributed by atoms with van der Waals surface area (Å²) < 4.78 is 0. The summed E-state index contributed by atoms with van der Waals surface area (Å²) in [7, 11) is 0. The van der Waals surface area contributed by atoms with E-state index in [1.165, 1.54) is 55.4 Å². The lowest BCUT2D eigenvalue weighted by molar-refractivity contribution is -0.153. The molecular formula is C43H54N4O4. The summed E-state index contributed by atoms with van der Waals surface area (Å²) >= 11 is 0. The summed E-state index contributed by atoms with van der Waals surface area (Å²) in [5.74, 6) is 1.18. The number of amides is 2. The summed E-state index contributed by atoms with van der Waals surface area (Å²) in [6, 6.07) is 14.4. The summed E-state index contributed by atoms with van der Waals surface area (Å²) in [5.41, 5.74) is 5.73. The van der Waals surface area contributed by atoms with Gasteiger partial charge in [0.15, 0.2) is 5.82 Å². The van der Waals surface area contributed by atoms with Crippen LogP contribution in [0, 0.1) is 23.7 Å². The SMILES string of the molecule is CCC[C@H]1CC[C@H](C2CC=C(c3cnc(-c4ccc(C[C@H](NC(=O)c5ccc(C(C)(C)C)cc5)C(=O)N5CC(C(=O)O)C5)cc4)nc3)CC2)CC1. The second-order valence-corrected chi connectivity index (χ2v) is 16.2.